The number of aliphatic hydroxyl groups is 1. The van der Waals surface area contributed by atoms with Crippen LogP contribution >= 0.6 is 23.2 Å². The molecule has 0 bridgehead atoms. The summed E-state index contributed by atoms with van der Waals surface area (Å²) in [6.45, 7) is 3.24. The average molecular weight is 343 g/mol. The van der Waals surface area contributed by atoms with Crippen molar-refractivity contribution in [3.8, 4) is 5.69 Å². The lowest BCUT2D eigenvalue weighted by Crippen LogP contribution is -2.48. The van der Waals surface area contributed by atoms with Gasteiger partial charge in [-0.25, -0.2) is 9.48 Å². The molecule has 6 nitrogen and oxygen atoms in total. The van der Waals surface area contributed by atoms with Crippen LogP contribution < -0.4 is 10.6 Å². The molecular weight excluding hydrogens is 327 g/mol. The van der Waals surface area contributed by atoms with E-state index in [1.54, 1.807) is 44.3 Å². The Kier molecular flexibility index (Phi) is 4.95. The Bertz CT molecular complexity index is 685. The van der Waals surface area contributed by atoms with Gasteiger partial charge in [-0.15, -0.1) is 5.10 Å². The lowest BCUT2D eigenvalue weighted by molar-refractivity contribution is 0.187. The van der Waals surface area contributed by atoms with Gasteiger partial charge in [0.15, 0.2) is 5.82 Å². The van der Waals surface area contributed by atoms with Crippen LogP contribution in [0.25, 0.3) is 5.69 Å². The first kappa shape index (κ1) is 16.6. The Morgan fingerprint density at radius 1 is 1.36 bits per heavy atom. The SMILES string of the molecule is CC(C)(CO)NC(=O)Nc1ccn(-c2ccc(Cl)cc2Cl)n1. The van der Waals surface area contributed by atoms with Gasteiger partial charge in [-0.3, -0.25) is 5.32 Å². The van der Waals surface area contributed by atoms with Crippen molar-refractivity contribution in [2.75, 3.05) is 11.9 Å². The lowest BCUT2D eigenvalue weighted by atomic mass is 10.1. The number of anilines is 1. The van der Waals surface area contributed by atoms with Gasteiger partial charge < -0.3 is 10.4 Å². The van der Waals surface area contributed by atoms with Crippen LogP contribution in [0.5, 0.6) is 0 Å². The largest absolute Gasteiger partial charge is 0.394 e. The normalized spacial score (nSPS) is 11.3. The van der Waals surface area contributed by atoms with Crippen LogP contribution in [0.2, 0.25) is 10.0 Å². The number of rotatable bonds is 4. The van der Waals surface area contributed by atoms with Gasteiger partial charge >= 0.3 is 6.03 Å². The molecule has 0 aliphatic carbocycles. The molecule has 22 heavy (non-hydrogen) atoms. The first-order valence-corrected chi connectivity index (χ1v) is 7.27. The van der Waals surface area contributed by atoms with Crippen LogP contribution in [0, 0.1) is 0 Å². The van der Waals surface area contributed by atoms with E-state index < -0.39 is 11.6 Å². The fourth-order valence-corrected chi connectivity index (χ4v) is 2.18. The molecule has 8 heteroatoms. The summed E-state index contributed by atoms with van der Waals surface area (Å²) in [5.41, 5.74) is -0.0678. The number of hydrogen-bond donors (Lipinski definition) is 3. The van der Waals surface area contributed by atoms with Gasteiger partial charge in [0, 0.05) is 17.3 Å². The molecule has 0 radical (unpaired) electrons. The number of aromatic nitrogens is 2. The molecule has 0 saturated heterocycles. The molecule has 2 aromatic rings. The molecule has 1 aromatic carbocycles. The topological polar surface area (TPSA) is 79.2 Å². The molecule has 2 rings (SSSR count). The zero-order valence-electron chi connectivity index (χ0n) is 12.1. The van der Waals surface area contributed by atoms with Crippen LogP contribution in [0.1, 0.15) is 13.8 Å². The molecule has 0 spiro atoms. The average Bonchev–Trinajstić information content (AvgIpc) is 2.86. The second-order valence-corrected chi connectivity index (χ2v) is 6.21. The molecule has 2 amide bonds. The molecule has 0 aliphatic heterocycles. The van der Waals surface area contributed by atoms with E-state index in [1.165, 1.54) is 4.68 Å². The fraction of sp³-hybridized carbons (Fsp3) is 0.286. The Hall–Kier alpha value is -1.76. The highest BCUT2D eigenvalue weighted by Crippen LogP contribution is 2.24. The highest BCUT2D eigenvalue weighted by Gasteiger charge is 2.19. The molecule has 1 aromatic heterocycles. The maximum atomic E-state index is 11.8. The molecule has 0 saturated carbocycles. The number of amides is 2. The number of carbonyl (C=O) groups excluding carboxylic acids is 1. The predicted molar refractivity (Wildman–Crippen MR) is 86.9 cm³/mol. The quantitative estimate of drug-likeness (QED) is 0.798. The van der Waals surface area contributed by atoms with Gasteiger partial charge in [0.1, 0.15) is 0 Å². The van der Waals surface area contributed by atoms with Gasteiger partial charge in [0.05, 0.1) is 22.9 Å². The van der Waals surface area contributed by atoms with E-state index in [2.05, 4.69) is 15.7 Å². The number of benzene rings is 1. The number of urea groups is 1. The summed E-state index contributed by atoms with van der Waals surface area (Å²) >= 11 is 12.0. The number of nitrogens with zero attached hydrogens (tertiary/aromatic N) is 2. The third-order valence-corrected chi connectivity index (χ3v) is 3.37. The van der Waals surface area contributed by atoms with Crippen LogP contribution in [0.3, 0.4) is 0 Å². The number of carbonyl (C=O) groups is 1. The summed E-state index contributed by atoms with van der Waals surface area (Å²) in [5.74, 6) is 0.359. The van der Waals surface area contributed by atoms with Crippen LogP contribution in [-0.4, -0.2) is 33.1 Å². The molecular formula is C14H16Cl2N4O2. The minimum Gasteiger partial charge on any atom is -0.394 e. The summed E-state index contributed by atoms with van der Waals surface area (Å²) in [5, 5.41) is 19.6. The van der Waals surface area contributed by atoms with E-state index >= 15 is 0 Å². The van der Waals surface area contributed by atoms with E-state index in [9.17, 15) is 4.79 Å². The standard InChI is InChI=1S/C14H16Cl2N4O2/c1-14(2,8-21)18-13(22)17-12-5-6-20(19-12)11-4-3-9(15)7-10(11)16/h3-7,21H,8H2,1-2H3,(H2,17,18,19,22). The highest BCUT2D eigenvalue weighted by molar-refractivity contribution is 6.35. The maximum absolute atomic E-state index is 11.8. The zero-order chi connectivity index (χ0) is 16.3. The smallest absolute Gasteiger partial charge is 0.320 e. The van der Waals surface area contributed by atoms with Crippen LogP contribution in [0.15, 0.2) is 30.5 Å². The molecule has 0 atom stereocenters. The minimum absolute atomic E-state index is 0.171. The monoisotopic (exact) mass is 342 g/mol. The van der Waals surface area contributed by atoms with Crippen molar-refractivity contribution in [2.45, 2.75) is 19.4 Å². The van der Waals surface area contributed by atoms with Gasteiger partial charge in [-0.2, -0.15) is 0 Å². The Labute approximate surface area is 138 Å². The molecule has 0 unspecified atom stereocenters. The van der Waals surface area contributed by atoms with E-state index in [4.69, 9.17) is 28.3 Å². The molecule has 3 N–H and O–H groups in total. The van der Waals surface area contributed by atoms with E-state index in [-0.39, 0.29) is 6.61 Å². The summed E-state index contributed by atoms with van der Waals surface area (Å²) < 4.78 is 1.53. The second-order valence-electron chi connectivity index (χ2n) is 5.36. The number of halogens is 2. The van der Waals surface area contributed by atoms with Crippen molar-refractivity contribution in [3.05, 3.63) is 40.5 Å². The van der Waals surface area contributed by atoms with Crippen molar-refractivity contribution < 1.29 is 9.90 Å². The summed E-state index contributed by atoms with van der Waals surface area (Å²) in [7, 11) is 0. The molecule has 1 heterocycles. The van der Waals surface area contributed by atoms with E-state index in [0.29, 0.717) is 21.6 Å². The highest BCUT2D eigenvalue weighted by atomic mass is 35.5. The summed E-state index contributed by atoms with van der Waals surface area (Å²) in [6.07, 6.45) is 1.67. The van der Waals surface area contributed by atoms with Crippen LogP contribution in [0.4, 0.5) is 10.6 Å². The zero-order valence-corrected chi connectivity index (χ0v) is 13.6. The Morgan fingerprint density at radius 3 is 2.73 bits per heavy atom. The summed E-state index contributed by atoms with van der Waals surface area (Å²) in [4.78, 5) is 11.8. The Balaban J connectivity index is 2.10. The second kappa shape index (κ2) is 6.56. The van der Waals surface area contributed by atoms with Crippen molar-refractivity contribution in [3.63, 3.8) is 0 Å². The van der Waals surface area contributed by atoms with Gasteiger partial charge in [0.2, 0.25) is 0 Å². The minimum atomic E-state index is -0.716. The van der Waals surface area contributed by atoms with Crippen molar-refractivity contribution in [2.24, 2.45) is 0 Å². The van der Waals surface area contributed by atoms with Crippen molar-refractivity contribution in [1.82, 2.24) is 15.1 Å². The molecule has 0 fully saturated rings. The third kappa shape index (κ3) is 4.13. The first-order valence-electron chi connectivity index (χ1n) is 6.52. The van der Waals surface area contributed by atoms with Gasteiger partial charge in [-0.1, -0.05) is 23.2 Å². The maximum Gasteiger partial charge on any atom is 0.320 e. The Morgan fingerprint density at radius 2 is 2.09 bits per heavy atom. The van der Waals surface area contributed by atoms with E-state index in [1.807, 2.05) is 0 Å². The predicted octanol–water partition coefficient (Wildman–Crippen LogP) is 3.07. The van der Waals surface area contributed by atoms with Crippen molar-refractivity contribution >= 4 is 35.1 Å². The summed E-state index contributed by atoms with van der Waals surface area (Å²) in [6, 6.07) is 6.23. The van der Waals surface area contributed by atoms with E-state index in [0.717, 1.165) is 0 Å². The van der Waals surface area contributed by atoms with Crippen LogP contribution in [-0.2, 0) is 0 Å². The number of aliphatic hydroxyl groups excluding tert-OH is 1. The molecule has 0 aliphatic rings. The van der Waals surface area contributed by atoms with Gasteiger partial charge in [0.25, 0.3) is 0 Å². The number of nitrogens with one attached hydrogen (secondary N) is 2. The fourth-order valence-electron chi connectivity index (χ4n) is 1.69. The molecule has 118 valence electrons. The third-order valence-electron chi connectivity index (χ3n) is 2.83. The van der Waals surface area contributed by atoms with Gasteiger partial charge in [-0.05, 0) is 32.0 Å². The lowest BCUT2D eigenvalue weighted by Gasteiger charge is -2.23. The van der Waals surface area contributed by atoms with Crippen molar-refractivity contribution in [1.29, 1.82) is 0 Å². The number of hydrogen-bond acceptors (Lipinski definition) is 3. The first-order chi connectivity index (χ1) is 10.3.